The Kier molecular flexibility index (Phi) is 3.33. The van der Waals surface area contributed by atoms with Crippen molar-refractivity contribution in [2.45, 2.75) is 0 Å². The van der Waals surface area contributed by atoms with Gasteiger partial charge in [0.2, 0.25) is 0 Å². The van der Waals surface area contributed by atoms with Crippen molar-refractivity contribution in [3.63, 3.8) is 0 Å². The highest BCUT2D eigenvalue weighted by Gasteiger charge is 2.14. The van der Waals surface area contributed by atoms with Crippen LogP contribution < -0.4 is 5.32 Å². The maximum atomic E-state index is 13.2. The first kappa shape index (κ1) is 12.2. The molecule has 0 saturated heterocycles. The molecular weight excluding hydrogens is 259 g/mol. The largest absolute Gasteiger partial charge is 0.477 e. The monoisotopic (exact) mass is 266 g/mol. The Morgan fingerprint density at radius 1 is 1.28 bits per heavy atom. The first-order valence-corrected chi connectivity index (χ1v) is 5.63. The van der Waals surface area contributed by atoms with Crippen LogP contribution in [0, 0.1) is 5.82 Å². The minimum absolute atomic E-state index is 0.000255. The summed E-state index contributed by atoms with van der Waals surface area (Å²) in [5.41, 5.74) is 0.000255. The first-order valence-electron chi connectivity index (χ1n) is 4.82. The Balaban J connectivity index is 2.17. The second-order valence-corrected chi connectivity index (χ2v) is 4.36. The second kappa shape index (κ2) is 4.92. The standard InChI is InChI=1S/C11H7FN2O3S/c12-6-5-13-4-3-7(6)14-10(15)8-1-2-9(18-8)11(16)17/h1-5H,(H,16,17)(H,13,14,15). The Bertz CT molecular complexity index is 612. The molecule has 0 saturated carbocycles. The lowest BCUT2D eigenvalue weighted by Crippen LogP contribution is -2.11. The molecule has 0 spiro atoms. The molecule has 18 heavy (non-hydrogen) atoms. The van der Waals surface area contributed by atoms with E-state index in [0.717, 1.165) is 17.5 Å². The van der Waals surface area contributed by atoms with E-state index in [1.54, 1.807) is 0 Å². The number of carbonyl (C=O) groups excluding carboxylic acids is 1. The topological polar surface area (TPSA) is 79.3 Å². The molecule has 0 fully saturated rings. The lowest BCUT2D eigenvalue weighted by atomic mass is 10.3. The Morgan fingerprint density at radius 2 is 2.00 bits per heavy atom. The fourth-order valence-electron chi connectivity index (χ4n) is 1.24. The van der Waals surface area contributed by atoms with Crippen molar-refractivity contribution < 1.29 is 19.1 Å². The maximum absolute atomic E-state index is 13.2. The van der Waals surface area contributed by atoms with Crippen molar-refractivity contribution in [3.05, 3.63) is 46.2 Å². The van der Waals surface area contributed by atoms with Gasteiger partial charge < -0.3 is 10.4 Å². The molecule has 0 aromatic carbocycles. The molecular formula is C11H7FN2O3S. The minimum Gasteiger partial charge on any atom is -0.477 e. The molecule has 0 unspecified atom stereocenters. The van der Waals surface area contributed by atoms with E-state index in [9.17, 15) is 14.0 Å². The highest BCUT2D eigenvalue weighted by Crippen LogP contribution is 2.19. The van der Waals surface area contributed by atoms with Gasteiger partial charge in [0.1, 0.15) is 4.88 Å². The van der Waals surface area contributed by atoms with Crippen LogP contribution in [0.3, 0.4) is 0 Å². The number of aromatic carboxylic acids is 1. The Morgan fingerprint density at radius 3 is 2.61 bits per heavy atom. The predicted molar refractivity (Wildman–Crippen MR) is 63.4 cm³/mol. The van der Waals surface area contributed by atoms with Gasteiger partial charge in [-0.25, -0.2) is 9.18 Å². The molecule has 0 radical (unpaired) electrons. The molecule has 0 bridgehead atoms. The molecule has 7 heteroatoms. The Hall–Kier alpha value is -2.28. The average Bonchev–Trinajstić information content (AvgIpc) is 2.81. The van der Waals surface area contributed by atoms with Gasteiger partial charge in [-0.3, -0.25) is 9.78 Å². The van der Waals surface area contributed by atoms with E-state index in [1.807, 2.05) is 0 Å². The van der Waals surface area contributed by atoms with E-state index < -0.39 is 17.7 Å². The second-order valence-electron chi connectivity index (χ2n) is 3.28. The van der Waals surface area contributed by atoms with E-state index in [-0.39, 0.29) is 15.4 Å². The van der Waals surface area contributed by atoms with Crippen molar-refractivity contribution in [1.82, 2.24) is 4.98 Å². The quantitative estimate of drug-likeness (QED) is 0.892. The smallest absolute Gasteiger partial charge is 0.345 e. The number of halogens is 1. The number of hydrogen-bond acceptors (Lipinski definition) is 4. The molecule has 5 nitrogen and oxygen atoms in total. The van der Waals surface area contributed by atoms with Gasteiger partial charge in [-0.05, 0) is 18.2 Å². The summed E-state index contributed by atoms with van der Waals surface area (Å²) in [4.78, 5) is 26.2. The van der Waals surface area contributed by atoms with E-state index in [2.05, 4.69) is 10.3 Å². The number of nitrogens with zero attached hydrogens (tertiary/aromatic N) is 1. The fourth-order valence-corrected chi connectivity index (χ4v) is 1.98. The minimum atomic E-state index is -1.10. The summed E-state index contributed by atoms with van der Waals surface area (Å²) in [5, 5.41) is 11.1. The van der Waals surface area contributed by atoms with E-state index in [4.69, 9.17) is 5.11 Å². The van der Waals surface area contributed by atoms with E-state index in [0.29, 0.717) is 0 Å². The number of carbonyl (C=O) groups is 2. The fraction of sp³-hybridized carbons (Fsp3) is 0. The summed E-state index contributed by atoms with van der Waals surface area (Å²) >= 11 is 0.825. The van der Waals surface area contributed by atoms with Crippen LogP contribution >= 0.6 is 11.3 Å². The number of rotatable bonds is 3. The third kappa shape index (κ3) is 2.51. The normalized spacial score (nSPS) is 10.1. The number of aromatic nitrogens is 1. The number of hydrogen-bond donors (Lipinski definition) is 2. The predicted octanol–water partition coefficient (Wildman–Crippen LogP) is 2.23. The van der Waals surface area contributed by atoms with Crippen molar-refractivity contribution in [3.8, 4) is 0 Å². The number of carboxylic acid groups (broad SMARTS) is 1. The summed E-state index contributed by atoms with van der Waals surface area (Å²) in [6.45, 7) is 0. The zero-order valence-electron chi connectivity index (χ0n) is 8.88. The average molecular weight is 266 g/mol. The molecule has 2 N–H and O–H groups in total. The van der Waals surface area contributed by atoms with Crippen LogP contribution in [0.1, 0.15) is 19.3 Å². The Labute approximate surface area is 105 Å². The molecule has 2 aromatic heterocycles. The third-order valence-corrected chi connectivity index (χ3v) is 3.13. The van der Waals surface area contributed by atoms with Crippen LogP contribution in [0.25, 0.3) is 0 Å². The molecule has 0 aliphatic heterocycles. The number of carboxylic acids is 1. The van der Waals surface area contributed by atoms with E-state index >= 15 is 0 Å². The zero-order chi connectivity index (χ0) is 13.1. The molecule has 0 aliphatic carbocycles. The third-order valence-electron chi connectivity index (χ3n) is 2.06. The van der Waals surface area contributed by atoms with Crippen LogP contribution in [-0.2, 0) is 0 Å². The summed E-state index contributed by atoms with van der Waals surface area (Å²) in [7, 11) is 0. The van der Waals surface area contributed by atoms with Crippen LogP contribution in [0.4, 0.5) is 10.1 Å². The molecule has 2 heterocycles. The number of amides is 1. The summed E-state index contributed by atoms with van der Waals surface area (Å²) < 4.78 is 13.2. The van der Waals surface area contributed by atoms with Gasteiger partial charge in [0.25, 0.3) is 5.91 Å². The molecule has 1 amide bonds. The van der Waals surface area contributed by atoms with Crippen LogP contribution in [0.15, 0.2) is 30.6 Å². The lowest BCUT2D eigenvalue weighted by Gasteiger charge is -2.03. The van der Waals surface area contributed by atoms with Crippen molar-refractivity contribution in [2.24, 2.45) is 0 Å². The highest BCUT2D eigenvalue weighted by atomic mass is 32.1. The van der Waals surface area contributed by atoms with E-state index in [1.165, 1.54) is 24.4 Å². The molecule has 2 rings (SSSR count). The summed E-state index contributed by atoms with van der Waals surface area (Å²) in [5.74, 6) is -2.31. The van der Waals surface area contributed by atoms with Crippen LogP contribution in [0.2, 0.25) is 0 Å². The van der Waals surface area contributed by atoms with Gasteiger partial charge in [0.05, 0.1) is 16.8 Å². The van der Waals surface area contributed by atoms with Crippen molar-refractivity contribution in [1.29, 1.82) is 0 Å². The van der Waals surface area contributed by atoms with Gasteiger partial charge in [0, 0.05) is 6.20 Å². The molecule has 0 atom stereocenters. The molecule has 92 valence electrons. The summed E-state index contributed by atoms with van der Waals surface area (Å²) in [6.07, 6.45) is 2.32. The van der Waals surface area contributed by atoms with Gasteiger partial charge >= 0.3 is 5.97 Å². The molecule has 2 aromatic rings. The SMILES string of the molecule is O=C(O)c1ccc(C(=O)Nc2ccncc2F)s1. The number of anilines is 1. The van der Waals surface area contributed by atoms with Crippen molar-refractivity contribution >= 4 is 28.9 Å². The van der Waals surface area contributed by atoms with Gasteiger partial charge in [0.15, 0.2) is 5.82 Å². The van der Waals surface area contributed by atoms with Crippen LogP contribution in [-0.4, -0.2) is 22.0 Å². The maximum Gasteiger partial charge on any atom is 0.345 e. The van der Waals surface area contributed by atoms with Crippen LogP contribution in [0.5, 0.6) is 0 Å². The van der Waals surface area contributed by atoms with Crippen molar-refractivity contribution in [2.75, 3.05) is 5.32 Å². The number of nitrogens with one attached hydrogen (secondary N) is 1. The number of thiophene rings is 1. The number of pyridine rings is 1. The van der Waals surface area contributed by atoms with Gasteiger partial charge in [-0.1, -0.05) is 0 Å². The van der Waals surface area contributed by atoms with Gasteiger partial charge in [-0.15, -0.1) is 11.3 Å². The summed E-state index contributed by atoms with van der Waals surface area (Å²) in [6, 6.07) is 4.02. The lowest BCUT2D eigenvalue weighted by molar-refractivity contribution is 0.0702. The van der Waals surface area contributed by atoms with Gasteiger partial charge in [-0.2, -0.15) is 0 Å². The molecule has 0 aliphatic rings. The first-order chi connectivity index (χ1) is 8.58. The zero-order valence-corrected chi connectivity index (χ0v) is 9.70. The highest BCUT2D eigenvalue weighted by molar-refractivity contribution is 7.15.